The van der Waals surface area contributed by atoms with Crippen molar-refractivity contribution >= 4 is 40.7 Å². The fourth-order valence-electron chi connectivity index (χ4n) is 5.74. The van der Waals surface area contributed by atoms with Gasteiger partial charge in [0, 0.05) is 55.4 Å². The second-order valence-corrected chi connectivity index (χ2v) is 11.1. The second kappa shape index (κ2) is 8.83. The molecule has 2 saturated heterocycles. The standard InChI is InChI=1S/C28H34N8O2/c1-16-11-18(7-8-21(16)36-15-19-12-20(36)14-34(19)5)30-27-29-13-17(2)24(33-27)31-23-10-9-22-25(32-23)35(6)26(37)28(3,4)38-22/h7-11,13,19-20H,12,14-15H2,1-6H3,(H2,29,30,31,32,33). The van der Waals surface area contributed by atoms with E-state index in [0.717, 1.165) is 24.3 Å². The van der Waals surface area contributed by atoms with Gasteiger partial charge in [-0.2, -0.15) is 4.98 Å². The number of ether oxygens (including phenoxy) is 1. The highest BCUT2D eigenvalue weighted by atomic mass is 16.5. The summed E-state index contributed by atoms with van der Waals surface area (Å²) >= 11 is 0. The number of likely N-dealkylation sites (tertiary alicyclic amines) is 1. The smallest absolute Gasteiger partial charge is 0.271 e. The molecule has 10 nitrogen and oxygen atoms in total. The predicted molar refractivity (Wildman–Crippen MR) is 149 cm³/mol. The molecule has 5 heterocycles. The molecule has 198 valence electrons. The number of aryl methyl sites for hydroxylation is 2. The minimum absolute atomic E-state index is 0.148. The van der Waals surface area contributed by atoms with Crippen molar-refractivity contribution in [3.8, 4) is 5.75 Å². The summed E-state index contributed by atoms with van der Waals surface area (Å²) in [6.07, 6.45) is 3.02. The van der Waals surface area contributed by atoms with Gasteiger partial charge in [-0.05, 0) is 77.1 Å². The average Bonchev–Trinajstić information content (AvgIpc) is 3.45. The van der Waals surface area contributed by atoms with E-state index >= 15 is 0 Å². The van der Waals surface area contributed by atoms with Crippen LogP contribution < -0.4 is 25.2 Å². The van der Waals surface area contributed by atoms with E-state index in [9.17, 15) is 4.79 Å². The quantitative estimate of drug-likeness (QED) is 0.523. The zero-order valence-corrected chi connectivity index (χ0v) is 22.7. The molecule has 2 fully saturated rings. The number of aromatic nitrogens is 3. The topological polar surface area (TPSA) is 98.8 Å². The Morgan fingerprint density at radius 1 is 1.00 bits per heavy atom. The maximum atomic E-state index is 12.6. The van der Waals surface area contributed by atoms with Gasteiger partial charge in [0.05, 0.1) is 0 Å². The number of carbonyl (C=O) groups is 1. The minimum atomic E-state index is -0.927. The molecule has 2 bridgehead atoms. The van der Waals surface area contributed by atoms with Crippen molar-refractivity contribution in [2.24, 2.45) is 0 Å². The minimum Gasteiger partial charge on any atom is -0.474 e. The number of likely N-dealkylation sites (N-methyl/N-ethyl adjacent to an activating group) is 2. The van der Waals surface area contributed by atoms with Gasteiger partial charge in [-0.15, -0.1) is 0 Å². The van der Waals surface area contributed by atoms with Gasteiger partial charge in [-0.1, -0.05) is 0 Å². The highest BCUT2D eigenvalue weighted by Gasteiger charge is 2.42. The SMILES string of the molecule is Cc1cc(Nc2ncc(C)c(Nc3ccc4c(n3)N(C)C(=O)C(C)(C)O4)n2)ccc1N1CC2CC1CN2C. The lowest BCUT2D eigenvalue weighted by molar-refractivity contribution is -0.132. The molecule has 3 aliphatic rings. The lowest BCUT2D eigenvalue weighted by Crippen LogP contribution is -2.51. The molecule has 0 aliphatic carbocycles. The monoisotopic (exact) mass is 514 g/mol. The molecule has 1 aromatic carbocycles. The first-order valence-corrected chi connectivity index (χ1v) is 13.0. The van der Waals surface area contributed by atoms with Crippen LogP contribution in [-0.2, 0) is 4.79 Å². The van der Waals surface area contributed by atoms with Crippen LogP contribution in [0.2, 0.25) is 0 Å². The zero-order chi connectivity index (χ0) is 26.8. The Labute approximate surface area is 223 Å². The molecular weight excluding hydrogens is 480 g/mol. The van der Waals surface area contributed by atoms with Crippen LogP contribution in [0.15, 0.2) is 36.5 Å². The average molecular weight is 515 g/mol. The normalized spacial score (nSPS) is 21.9. The number of pyridine rings is 1. The Hall–Kier alpha value is -3.92. The van der Waals surface area contributed by atoms with Crippen LogP contribution in [0.4, 0.5) is 34.8 Å². The van der Waals surface area contributed by atoms with E-state index in [0.29, 0.717) is 41.2 Å². The third kappa shape index (κ3) is 4.18. The van der Waals surface area contributed by atoms with Crippen molar-refractivity contribution in [3.63, 3.8) is 0 Å². The lowest BCUT2D eigenvalue weighted by atomic mass is 10.1. The van der Waals surface area contributed by atoms with E-state index in [1.165, 1.54) is 22.6 Å². The summed E-state index contributed by atoms with van der Waals surface area (Å²) in [4.78, 5) is 33.0. The number of hydrogen-bond acceptors (Lipinski definition) is 9. The van der Waals surface area contributed by atoms with Crippen molar-refractivity contribution in [2.75, 3.05) is 47.6 Å². The first-order valence-electron chi connectivity index (χ1n) is 13.0. The largest absolute Gasteiger partial charge is 0.474 e. The summed E-state index contributed by atoms with van der Waals surface area (Å²) in [5.41, 5.74) is 3.42. The molecule has 2 N–H and O–H groups in total. The van der Waals surface area contributed by atoms with Crippen LogP contribution in [0.3, 0.4) is 0 Å². The van der Waals surface area contributed by atoms with Gasteiger partial charge in [0.2, 0.25) is 5.95 Å². The van der Waals surface area contributed by atoms with E-state index in [-0.39, 0.29) is 5.91 Å². The summed E-state index contributed by atoms with van der Waals surface area (Å²) < 4.78 is 5.86. The maximum Gasteiger partial charge on any atom is 0.271 e. The lowest BCUT2D eigenvalue weighted by Gasteiger charge is -2.36. The number of benzene rings is 1. The number of amides is 1. The number of rotatable bonds is 5. The summed E-state index contributed by atoms with van der Waals surface area (Å²) in [6.45, 7) is 9.83. The highest BCUT2D eigenvalue weighted by Crippen LogP contribution is 2.38. The molecule has 0 saturated carbocycles. The molecule has 2 unspecified atom stereocenters. The van der Waals surface area contributed by atoms with E-state index < -0.39 is 5.60 Å². The number of nitrogens with one attached hydrogen (secondary N) is 2. The molecule has 3 aliphatic heterocycles. The van der Waals surface area contributed by atoms with Gasteiger partial charge in [0.25, 0.3) is 5.91 Å². The maximum absolute atomic E-state index is 12.6. The van der Waals surface area contributed by atoms with Gasteiger partial charge >= 0.3 is 0 Å². The van der Waals surface area contributed by atoms with Gasteiger partial charge in [-0.3, -0.25) is 14.6 Å². The Kier molecular flexibility index (Phi) is 5.68. The number of carbonyl (C=O) groups excluding carboxylic acids is 1. The number of nitrogens with zero attached hydrogens (tertiary/aromatic N) is 6. The van der Waals surface area contributed by atoms with Gasteiger partial charge in [0.15, 0.2) is 17.2 Å². The second-order valence-electron chi connectivity index (χ2n) is 11.1. The molecule has 3 aromatic rings. The Morgan fingerprint density at radius 3 is 2.53 bits per heavy atom. The number of hydrogen-bond donors (Lipinski definition) is 2. The van der Waals surface area contributed by atoms with E-state index in [1.54, 1.807) is 27.1 Å². The summed E-state index contributed by atoms with van der Waals surface area (Å²) in [5.74, 6) is 2.57. The zero-order valence-electron chi connectivity index (χ0n) is 22.7. The number of fused-ring (bicyclic) bond motifs is 3. The molecular formula is C28H34N8O2. The van der Waals surface area contributed by atoms with E-state index in [4.69, 9.17) is 9.72 Å². The fraction of sp³-hybridized carbons (Fsp3) is 0.429. The third-order valence-electron chi connectivity index (χ3n) is 7.84. The first kappa shape index (κ1) is 24.4. The van der Waals surface area contributed by atoms with Crippen LogP contribution in [0, 0.1) is 13.8 Å². The Balaban J connectivity index is 1.19. The summed E-state index contributed by atoms with van der Waals surface area (Å²) in [5, 5.41) is 6.62. The molecule has 2 atom stereocenters. The van der Waals surface area contributed by atoms with Gasteiger partial charge in [0.1, 0.15) is 11.6 Å². The van der Waals surface area contributed by atoms with Crippen molar-refractivity contribution in [3.05, 3.63) is 47.7 Å². The van der Waals surface area contributed by atoms with Crippen LogP contribution in [0.5, 0.6) is 5.75 Å². The van der Waals surface area contributed by atoms with Crippen LogP contribution in [0.25, 0.3) is 0 Å². The van der Waals surface area contributed by atoms with Gasteiger partial charge < -0.3 is 20.3 Å². The highest BCUT2D eigenvalue weighted by molar-refractivity contribution is 6.01. The van der Waals surface area contributed by atoms with E-state index in [2.05, 4.69) is 62.6 Å². The van der Waals surface area contributed by atoms with Crippen molar-refractivity contribution in [1.29, 1.82) is 0 Å². The molecule has 1 amide bonds. The van der Waals surface area contributed by atoms with Gasteiger partial charge in [-0.25, -0.2) is 9.97 Å². The molecule has 0 spiro atoms. The first-order chi connectivity index (χ1) is 18.1. The van der Waals surface area contributed by atoms with Crippen LogP contribution >= 0.6 is 0 Å². The molecule has 0 radical (unpaired) electrons. The van der Waals surface area contributed by atoms with Crippen LogP contribution in [-0.4, -0.2) is 70.6 Å². The number of anilines is 6. The molecule has 10 heteroatoms. The Bertz CT molecular complexity index is 1420. The van der Waals surface area contributed by atoms with E-state index in [1.807, 2.05) is 19.1 Å². The van der Waals surface area contributed by atoms with Crippen molar-refractivity contribution in [1.82, 2.24) is 19.9 Å². The Morgan fingerprint density at radius 2 is 1.82 bits per heavy atom. The van der Waals surface area contributed by atoms with Crippen molar-refractivity contribution < 1.29 is 9.53 Å². The summed E-state index contributed by atoms with van der Waals surface area (Å²) in [7, 11) is 3.93. The number of piperazine rings is 1. The van der Waals surface area contributed by atoms with Crippen LogP contribution in [0.1, 0.15) is 31.4 Å². The summed E-state index contributed by atoms with van der Waals surface area (Å²) in [6, 6.07) is 11.3. The molecule has 38 heavy (non-hydrogen) atoms. The molecule has 6 rings (SSSR count). The van der Waals surface area contributed by atoms with Crippen molar-refractivity contribution in [2.45, 2.75) is 51.8 Å². The third-order valence-corrected chi connectivity index (χ3v) is 7.84. The fourth-order valence-corrected chi connectivity index (χ4v) is 5.74. The molecule has 2 aromatic heterocycles. The predicted octanol–water partition coefficient (Wildman–Crippen LogP) is 4.00.